The zero-order chi connectivity index (χ0) is 34.3. The van der Waals surface area contributed by atoms with Crippen molar-refractivity contribution in [2.45, 2.75) is 82.8 Å². The molecule has 1 atom stereocenters. The van der Waals surface area contributed by atoms with Crippen LogP contribution in [-0.2, 0) is 32.6 Å². The summed E-state index contributed by atoms with van der Waals surface area (Å²) in [5, 5.41) is 3.26. The Bertz CT molecular complexity index is 1810. The fourth-order valence-corrected chi connectivity index (χ4v) is 7.98. The number of nitrogens with one attached hydrogen (secondary N) is 1. The smallest absolute Gasteiger partial charge is 0.264 e. The molecule has 0 spiro atoms. The lowest BCUT2D eigenvalue weighted by Crippen LogP contribution is -2.55. The van der Waals surface area contributed by atoms with Crippen molar-refractivity contribution in [1.29, 1.82) is 0 Å². The number of anilines is 1. The van der Waals surface area contributed by atoms with Crippen LogP contribution in [0.3, 0.4) is 0 Å². The van der Waals surface area contributed by atoms with Crippen molar-refractivity contribution < 1.29 is 18.0 Å². The van der Waals surface area contributed by atoms with E-state index in [1.807, 2.05) is 81.4 Å². The molecule has 1 aliphatic carbocycles. The molecule has 0 aliphatic heterocycles. The number of aryl methyl sites for hydroxylation is 2. The van der Waals surface area contributed by atoms with E-state index in [0.29, 0.717) is 5.69 Å². The average molecular weight is 731 g/mol. The van der Waals surface area contributed by atoms with E-state index in [9.17, 15) is 18.0 Å². The highest BCUT2D eigenvalue weighted by molar-refractivity contribution is 9.10. The molecule has 9 heteroatoms. The molecule has 1 N–H and O–H groups in total. The van der Waals surface area contributed by atoms with Gasteiger partial charge in [0.1, 0.15) is 12.6 Å². The van der Waals surface area contributed by atoms with Crippen molar-refractivity contribution in [2.24, 2.45) is 0 Å². The second-order valence-electron chi connectivity index (χ2n) is 12.7. The van der Waals surface area contributed by atoms with Gasteiger partial charge in [0.15, 0.2) is 0 Å². The molecule has 1 fully saturated rings. The van der Waals surface area contributed by atoms with Gasteiger partial charge in [-0.05, 0) is 86.2 Å². The number of nitrogens with zero attached hydrogens (tertiary/aromatic N) is 2. The van der Waals surface area contributed by atoms with Crippen molar-refractivity contribution in [1.82, 2.24) is 10.2 Å². The van der Waals surface area contributed by atoms with Gasteiger partial charge in [0.05, 0.1) is 10.6 Å². The van der Waals surface area contributed by atoms with Crippen LogP contribution in [0.25, 0.3) is 0 Å². The molecule has 0 saturated heterocycles. The normalized spacial score (nSPS) is 14.2. The maximum atomic E-state index is 14.8. The molecule has 1 aliphatic rings. The molecule has 0 radical (unpaired) electrons. The summed E-state index contributed by atoms with van der Waals surface area (Å²) in [6.45, 7) is 5.34. The summed E-state index contributed by atoms with van der Waals surface area (Å²) in [4.78, 5) is 30.7. The molecule has 4 aromatic rings. The summed E-state index contributed by atoms with van der Waals surface area (Å²) in [6, 6.07) is 28.6. The molecule has 0 unspecified atom stereocenters. The van der Waals surface area contributed by atoms with Crippen molar-refractivity contribution in [3.8, 4) is 0 Å². The number of carbonyl (C=O) groups is 2. The summed E-state index contributed by atoms with van der Waals surface area (Å²) < 4.78 is 30.9. The Kier molecular flexibility index (Phi) is 11.8. The standard InChI is InChI=1S/C39H44BrN3O4S/c1-28-17-23-35(24-18-28)48(46,47)43(36-16-10-11-29(2)30(36)3)27-38(44)42(26-32-19-21-33(40)22-20-32)37(25-31-12-6-4-7-13-31)39(45)41-34-14-8-5-9-15-34/h4,6-7,10-13,16-24,34,37H,5,8-9,14-15,25-27H2,1-3H3,(H,41,45)/t37-/m1/s1. The Hall–Kier alpha value is -3.95. The van der Waals surface area contributed by atoms with Gasteiger partial charge in [-0.2, -0.15) is 0 Å². The number of hydrogen-bond donors (Lipinski definition) is 1. The minimum Gasteiger partial charge on any atom is -0.352 e. The predicted octanol–water partition coefficient (Wildman–Crippen LogP) is 7.66. The Morgan fingerprint density at radius 2 is 1.48 bits per heavy atom. The van der Waals surface area contributed by atoms with E-state index in [4.69, 9.17) is 0 Å². The predicted molar refractivity (Wildman–Crippen MR) is 195 cm³/mol. The first-order valence-corrected chi connectivity index (χ1v) is 18.8. The van der Waals surface area contributed by atoms with Crippen molar-refractivity contribution in [3.05, 3.63) is 129 Å². The van der Waals surface area contributed by atoms with E-state index >= 15 is 0 Å². The van der Waals surface area contributed by atoms with Gasteiger partial charge in [0.2, 0.25) is 11.8 Å². The van der Waals surface area contributed by atoms with E-state index in [2.05, 4.69) is 21.2 Å². The maximum Gasteiger partial charge on any atom is 0.264 e. The van der Waals surface area contributed by atoms with Gasteiger partial charge in [0, 0.05) is 23.5 Å². The molecular weight excluding hydrogens is 686 g/mol. The van der Waals surface area contributed by atoms with E-state index in [1.165, 1.54) is 4.31 Å². The van der Waals surface area contributed by atoms with E-state index < -0.39 is 28.5 Å². The highest BCUT2D eigenvalue weighted by Crippen LogP contribution is 2.30. The van der Waals surface area contributed by atoms with Gasteiger partial charge in [-0.15, -0.1) is 0 Å². The second kappa shape index (κ2) is 16.0. The largest absolute Gasteiger partial charge is 0.352 e. The van der Waals surface area contributed by atoms with E-state index in [0.717, 1.165) is 64.4 Å². The van der Waals surface area contributed by atoms with Crippen molar-refractivity contribution in [3.63, 3.8) is 0 Å². The quantitative estimate of drug-likeness (QED) is 0.162. The third-order valence-corrected chi connectivity index (χ3v) is 11.5. The lowest BCUT2D eigenvalue weighted by molar-refractivity contribution is -0.140. The lowest BCUT2D eigenvalue weighted by Gasteiger charge is -2.35. The van der Waals surface area contributed by atoms with Gasteiger partial charge < -0.3 is 10.2 Å². The van der Waals surface area contributed by atoms with Gasteiger partial charge >= 0.3 is 0 Å². The summed E-state index contributed by atoms with van der Waals surface area (Å²) >= 11 is 3.49. The number of halogens is 1. The maximum absolute atomic E-state index is 14.8. The Labute approximate surface area is 293 Å². The second-order valence-corrected chi connectivity index (χ2v) is 15.5. The van der Waals surface area contributed by atoms with E-state index in [1.54, 1.807) is 41.3 Å². The molecule has 1 saturated carbocycles. The van der Waals surface area contributed by atoms with Crippen LogP contribution < -0.4 is 9.62 Å². The molecule has 0 bridgehead atoms. The fourth-order valence-electron chi connectivity index (χ4n) is 6.24. The SMILES string of the molecule is Cc1ccc(S(=O)(=O)N(CC(=O)N(Cc2ccc(Br)cc2)[C@H](Cc2ccccc2)C(=O)NC2CCCCC2)c2cccc(C)c2C)cc1. The highest BCUT2D eigenvalue weighted by atomic mass is 79.9. The Morgan fingerprint density at radius 1 is 0.812 bits per heavy atom. The number of amides is 2. The van der Waals surface area contributed by atoms with Crippen LogP contribution in [0, 0.1) is 20.8 Å². The number of rotatable bonds is 12. The summed E-state index contributed by atoms with van der Waals surface area (Å²) in [6.07, 6.45) is 5.35. The van der Waals surface area contributed by atoms with Gasteiger partial charge in [-0.1, -0.05) is 107 Å². The molecule has 5 rings (SSSR count). The van der Waals surface area contributed by atoms with Gasteiger partial charge in [-0.25, -0.2) is 8.42 Å². The van der Waals surface area contributed by atoms with Crippen LogP contribution in [0.5, 0.6) is 0 Å². The third kappa shape index (κ3) is 8.74. The van der Waals surface area contributed by atoms with Crippen LogP contribution in [0.2, 0.25) is 0 Å². The molecule has 4 aromatic carbocycles. The molecular formula is C39H44BrN3O4S. The first-order valence-electron chi connectivity index (χ1n) is 16.6. The van der Waals surface area contributed by atoms with Crippen LogP contribution in [0.1, 0.15) is 59.9 Å². The summed E-state index contributed by atoms with van der Waals surface area (Å²) in [5.74, 6) is -0.690. The molecule has 0 heterocycles. The number of hydrogen-bond acceptors (Lipinski definition) is 4. The zero-order valence-electron chi connectivity index (χ0n) is 27.9. The molecule has 48 heavy (non-hydrogen) atoms. The Morgan fingerprint density at radius 3 is 2.15 bits per heavy atom. The molecule has 0 aromatic heterocycles. The topological polar surface area (TPSA) is 86.8 Å². The van der Waals surface area contributed by atoms with Crippen LogP contribution >= 0.6 is 15.9 Å². The van der Waals surface area contributed by atoms with Crippen molar-refractivity contribution in [2.75, 3.05) is 10.8 Å². The van der Waals surface area contributed by atoms with E-state index in [-0.39, 0.29) is 29.8 Å². The van der Waals surface area contributed by atoms with Crippen LogP contribution in [0.4, 0.5) is 5.69 Å². The minimum atomic E-state index is -4.17. The number of benzene rings is 4. The monoisotopic (exact) mass is 729 g/mol. The van der Waals surface area contributed by atoms with Crippen molar-refractivity contribution >= 4 is 43.5 Å². The number of sulfonamides is 1. The molecule has 252 valence electrons. The Balaban J connectivity index is 1.58. The van der Waals surface area contributed by atoms with Gasteiger partial charge in [-0.3, -0.25) is 13.9 Å². The zero-order valence-corrected chi connectivity index (χ0v) is 30.3. The first-order chi connectivity index (χ1) is 23.0. The highest BCUT2D eigenvalue weighted by Gasteiger charge is 2.36. The van der Waals surface area contributed by atoms with Gasteiger partial charge in [0.25, 0.3) is 10.0 Å². The lowest BCUT2D eigenvalue weighted by atomic mass is 9.94. The van der Waals surface area contributed by atoms with Crippen LogP contribution in [-0.4, -0.2) is 43.8 Å². The summed E-state index contributed by atoms with van der Waals surface area (Å²) in [7, 11) is -4.17. The fraction of sp³-hybridized carbons (Fsp3) is 0.333. The van der Waals surface area contributed by atoms with Crippen LogP contribution in [0.15, 0.2) is 106 Å². The first kappa shape index (κ1) is 35.4. The molecule has 2 amide bonds. The third-order valence-electron chi connectivity index (χ3n) is 9.22. The summed E-state index contributed by atoms with van der Waals surface area (Å²) in [5.41, 5.74) is 4.76. The minimum absolute atomic E-state index is 0.0440. The average Bonchev–Trinajstić information content (AvgIpc) is 3.08. The molecule has 7 nitrogen and oxygen atoms in total. The number of carbonyl (C=O) groups excluding carboxylic acids is 2.